The summed E-state index contributed by atoms with van der Waals surface area (Å²) in [5.41, 5.74) is 1.19. The highest BCUT2D eigenvalue weighted by Crippen LogP contribution is 2.14. The fourth-order valence-electron chi connectivity index (χ4n) is 2.73. The van der Waals surface area contributed by atoms with Crippen molar-refractivity contribution in [2.75, 3.05) is 36.4 Å². The summed E-state index contributed by atoms with van der Waals surface area (Å²) in [6.07, 6.45) is 0. The number of aromatic nitrogens is 2. The average Bonchev–Trinajstić information content (AvgIpc) is 2.68. The number of benzene rings is 1. The van der Waals surface area contributed by atoms with Gasteiger partial charge in [-0.1, -0.05) is 6.07 Å². The van der Waals surface area contributed by atoms with E-state index in [0.717, 1.165) is 0 Å². The third-order valence-electron chi connectivity index (χ3n) is 4.18. The van der Waals surface area contributed by atoms with Crippen LogP contribution in [0.3, 0.4) is 0 Å². The third kappa shape index (κ3) is 3.95. The van der Waals surface area contributed by atoms with Crippen molar-refractivity contribution < 1.29 is 9.59 Å². The van der Waals surface area contributed by atoms with Crippen LogP contribution >= 0.6 is 0 Å². The quantitative estimate of drug-likeness (QED) is 0.894. The maximum Gasteiger partial charge on any atom is 0.276 e. The fourth-order valence-corrected chi connectivity index (χ4v) is 2.73. The van der Waals surface area contributed by atoms with Crippen molar-refractivity contribution in [1.82, 2.24) is 15.1 Å². The number of anilines is 2. The highest BCUT2D eigenvalue weighted by Gasteiger charge is 2.20. The van der Waals surface area contributed by atoms with Crippen molar-refractivity contribution in [3.05, 3.63) is 47.7 Å². The summed E-state index contributed by atoms with van der Waals surface area (Å²) in [5.74, 6) is 0.361. The van der Waals surface area contributed by atoms with Crippen LogP contribution < -0.4 is 10.2 Å². The monoisotopic (exact) mass is 350 g/mol. The van der Waals surface area contributed by atoms with Crippen molar-refractivity contribution in [2.45, 2.75) is 6.92 Å². The van der Waals surface area contributed by atoms with Crippen molar-refractivity contribution in [3.8, 4) is 6.07 Å². The van der Waals surface area contributed by atoms with E-state index in [4.69, 9.17) is 5.26 Å². The molecule has 1 saturated heterocycles. The summed E-state index contributed by atoms with van der Waals surface area (Å²) < 4.78 is 0. The summed E-state index contributed by atoms with van der Waals surface area (Å²) in [6.45, 7) is 4.22. The Balaban J connectivity index is 1.63. The Labute approximate surface area is 151 Å². The zero-order valence-corrected chi connectivity index (χ0v) is 14.3. The van der Waals surface area contributed by atoms with Crippen LogP contribution in [0.2, 0.25) is 0 Å². The summed E-state index contributed by atoms with van der Waals surface area (Å²) >= 11 is 0. The van der Waals surface area contributed by atoms with Crippen LogP contribution in [0.25, 0.3) is 0 Å². The molecule has 0 aliphatic carbocycles. The van der Waals surface area contributed by atoms with E-state index < -0.39 is 0 Å². The van der Waals surface area contributed by atoms with Gasteiger partial charge >= 0.3 is 0 Å². The van der Waals surface area contributed by atoms with Crippen LogP contribution in [0.15, 0.2) is 36.4 Å². The molecule has 8 nitrogen and oxygen atoms in total. The summed E-state index contributed by atoms with van der Waals surface area (Å²) in [6, 6.07) is 12.0. The van der Waals surface area contributed by atoms with Gasteiger partial charge in [-0.3, -0.25) is 9.59 Å². The molecule has 26 heavy (non-hydrogen) atoms. The molecule has 132 valence electrons. The number of rotatable bonds is 3. The average molecular weight is 350 g/mol. The largest absolute Gasteiger partial charge is 0.352 e. The van der Waals surface area contributed by atoms with Gasteiger partial charge in [-0.25, -0.2) is 0 Å². The van der Waals surface area contributed by atoms with Gasteiger partial charge in [-0.05, 0) is 30.3 Å². The minimum atomic E-state index is -0.388. The lowest BCUT2D eigenvalue weighted by atomic mass is 10.2. The first-order valence-electron chi connectivity index (χ1n) is 8.22. The lowest BCUT2D eigenvalue weighted by molar-refractivity contribution is -0.129. The minimum Gasteiger partial charge on any atom is -0.352 e. The number of carbonyl (C=O) groups is 2. The van der Waals surface area contributed by atoms with Gasteiger partial charge < -0.3 is 15.1 Å². The number of nitrogens with zero attached hydrogens (tertiary/aromatic N) is 5. The van der Waals surface area contributed by atoms with E-state index in [9.17, 15) is 9.59 Å². The lowest BCUT2D eigenvalue weighted by Gasteiger charge is -2.34. The number of piperazine rings is 1. The van der Waals surface area contributed by atoms with E-state index >= 15 is 0 Å². The van der Waals surface area contributed by atoms with Crippen LogP contribution in [0.5, 0.6) is 0 Å². The molecular formula is C18H18N6O2. The summed E-state index contributed by atoms with van der Waals surface area (Å²) in [5, 5.41) is 19.7. The lowest BCUT2D eigenvalue weighted by Crippen LogP contribution is -2.48. The van der Waals surface area contributed by atoms with E-state index in [1.54, 1.807) is 48.2 Å². The Bertz CT molecular complexity index is 851. The molecule has 1 aliphatic heterocycles. The number of hydrogen-bond acceptors (Lipinski definition) is 6. The number of nitriles is 1. The second kappa shape index (κ2) is 7.61. The first-order chi connectivity index (χ1) is 12.6. The van der Waals surface area contributed by atoms with Crippen LogP contribution in [-0.2, 0) is 4.79 Å². The molecule has 0 bridgehead atoms. The molecule has 0 unspecified atom stereocenters. The van der Waals surface area contributed by atoms with E-state index in [0.29, 0.717) is 43.2 Å². The van der Waals surface area contributed by atoms with Gasteiger partial charge in [0, 0.05) is 38.8 Å². The second-order valence-corrected chi connectivity index (χ2v) is 5.92. The predicted molar refractivity (Wildman–Crippen MR) is 95.6 cm³/mol. The van der Waals surface area contributed by atoms with Crippen LogP contribution in [0.1, 0.15) is 23.0 Å². The highest BCUT2D eigenvalue weighted by atomic mass is 16.2. The molecule has 0 saturated carbocycles. The Morgan fingerprint density at radius 3 is 2.50 bits per heavy atom. The zero-order valence-electron chi connectivity index (χ0n) is 14.3. The molecule has 3 rings (SSSR count). The maximum atomic E-state index is 12.3. The number of carbonyl (C=O) groups excluding carboxylic acids is 2. The molecule has 8 heteroatoms. The summed E-state index contributed by atoms with van der Waals surface area (Å²) in [7, 11) is 0. The van der Waals surface area contributed by atoms with Crippen molar-refractivity contribution in [1.29, 1.82) is 5.26 Å². The molecule has 2 heterocycles. The van der Waals surface area contributed by atoms with E-state index in [2.05, 4.69) is 15.5 Å². The third-order valence-corrected chi connectivity index (χ3v) is 4.18. The van der Waals surface area contributed by atoms with E-state index in [-0.39, 0.29) is 17.5 Å². The van der Waals surface area contributed by atoms with Gasteiger partial charge in [0.2, 0.25) is 5.91 Å². The normalized spacial score (nSPS) is 13.8. The zero-order chi connectivity index (χ0) is 18.5. The highest BCUT2D eigenvalue weighted by molar-refractivity contribution is 6.02. The number of hydrogen-bond donors (Lipinski definition) is 1. The predicted octanol–water partition coefficient (Wildman–Crippen LogP) is 1.27. The molecule has 0 radical (unpaired) electrons. The van der Waals surface area contributed by atoms with Crippen molar-refractivity contribution in [3.63, 3.8) is 0 Å². The smallest absolute Gasteiger partial charge is 0.276 e. The second-order valence-electron chi connectivity index (χ2n) is 5.92. The van der Waals surface area contributed by atoms with Gasteiger partial charge in [-0.15, -0.1) is 10.2 Å². The Morgan fingerprint density at radius 2 is 1.88 bits per heavy atom. The topological polar surface area (TPSA) is 102 Å². The van der Waals surface area contributed by atoms with Crippen molar-refractivity contribution >= 4 is 23.3 Å². The first kappa shape index (κ1) is 17.4. The Hall–Kier alpha value is -3.47. The molecular weight excluding hydrogens is 332 g/mol. The standard InChI is InChI=1S/C18H18N6O2/c1-13(25)23-7-9-24(10-8-23)17-6-5-16(21-22-17)18(26)20-15-4-2-3-14(11-15)12-19/h2-6,11H,7-10H2,1H3,(H,20,26). The molecule has 1 aromatic carbocycles. The number of nitrogens with one attached hydrogen (secondary N) is 1. The van der Waals surface area contributed by atoms with Gasteiger partial charge in [0.1, 0.15) is 0 Å². The van der Waals surface area contributed by atoms with E-state index in [1.165, 1.54) is 0 Å². The molecule has 1 fully saturated rings. The van der Waals surface area contributed by atoms with Gasteiger partial charge in [0.05, 0.1) is 11.6 Å². The molecule has 1 N–H and O–H groups in total. The number of amides is 2. The van der Waals surface area contributed by atoms with Gasteiger partial charge in [0.25, 0.3) is 5.91 Å². The van der Waals surface area contributed by atoms with Gasteiger partial charge in [-0.2, -0.15) is 5.26 Å². The minimum absolute atomic E-state index is 0.0724. The Morgan fingerprint density at radius 1 is 1.12 bits per heavy atom. The molecule has 2 amide bonds. The van der Waals surface area contributed by atoms with Gasteiger partial charge in [0.15, 0.2) is 11.5 Å². The first-order valence-corrected chi connectivity index (χ1v) is 8.22. The SMILES string of the molecule is CC(=O)N1CCN(c2ccc(C(=O)Nc3cccc(C#N)c3)nn2)CC1. The van der Waals surface area contributed by atoms with Crippen molar-refractivity contribution in [2.24, 2.45) is 0 Å². The molecule has 1 aromatic heterocycles. The molecule has 2 aromatic rings. The van der Waals surface area contributed by atoms with Crippen LogP contribution in [0.4, 0.5) is 11.5 Å². The maximum absolute atomic E-state index is 12.3. The van der Waals surface area contributed by atoms with Crippen LogP contribution in [-0.4, -0.2) is 53.1 Å². The van der Waals surface area contributed by atoms with E-state index in [1.807, 2.05) is 11.0 Å². The van der Waals surface area contributed by atoms with Crippen LogP contribution in [0, 0.1) is 11.3 Å². The molecule has 0 atom stereocenters. The molecule has 0 spiro atoms. The Kier molecular flexibility index (Phi) is 5.08. The summed E-state index contributed by atoms with van der Waals surface area (Å²) in [4.78, 5) is 27.5. The molecule has 1 aliphatic rings. The fraction of sp³-hybridized carbons (Fsp3) is 0.278.